The highest BCUT2D eigenvalue weighted by Gasteiger charge is 2.40. The lowest BCUT2D eigenvalue weighted by Crippen LogP contribution is -2.46. The van der Waals surface area contributed by atoms with Crippen molar-refractivity contribution in [3.8, 4) is 0 Å². The molecule has 0 aromatic carbocycles. The van der Waals surface area contributed by atoms with Gasteiger partial charge in [-0.05, 0) is 24.2 Å². The highest BCUT2D eigenvalue weighted by Crippen LogP contribution is 2.37. The van der Waals surface area contributed by atoms with Gasteiger partial charge in [0.2, 0.25) is 0 Å². The summed E-state index contributed by atoms with van der Waals surface area (Å²) in [5, 5.41) is 0.0719. The van der Waals surface area contributed by atoms with Gasteiger partial charge < -0.3 is 9.16 Å². The molecular formula is C15H26O3Si. The zero-order chi connectivity index (χ0) is 15.3. The summed E-state index contributed by atoms with van der Waals surface area (Å²) in [6.07, 6.45) is 3.41. The minimum atomic E-state index is -1.97. The Labute approximate surface area is 118 Å². The van der Waals surface area contributed by atoms with Gasteiger partial charge in [0.25, 0.3) is 0 Å². The molecule has 0 bridgehead atoms. The molecule has 0 spiro atoms. The van der Waals surface area contributed by atoms with Crippen LogP contribution in [0.5, 0.6) is 0 Å². The quantitative estimate of drug-likeness (QED) is 0.308. The number of rotatable bonds is 7. The number of hydrogen-bond donors (Lipinski definition) is 0. The molecule has 0 saturated heterocycles. The highest BCUT2D eigenvalue weighted by atomic mass is 28.4. The van der Waals surface area contributed by atoms with Gasteiger partial charge in [0.1, 0.15) is 12.2 Å². The van der Waals surface area contributed by atoms with Crippen molar-refractivity contribution in [3.63, 3.8) is 0 Å². The second-order valence-electron chi connectivity index (χ2n) is 5.92. The van der Waals surface area contributed by atoms with Crippen molar-refractivity contribution in [2.24, 2.45) is 0 Å². The summed E-state index contributed by atoms with van der Waals surface area (Å²) in [5.41, 5.74) is 0. The Morgan fingerprint density at radius 3 is 1.89 bits per heavy atom. The summed E-state index contributed by atoms with van der Waals surface area (Å²) in [6, 6.07) is 0. The molecule has 0 aliphatic carbocycles. The van der Waals surface area contributed by atoms with Crippen molar-refractivity contribution in [2.75, 3.05) is 0 Å². The van der Waals surface area contributed by atoms with Gasteiger partial charge in [0, 0.05) is 6.08 Å². The minimum Gasteiger partial charge on any atom is -0.452 e. The van der Waals surface area contributed by atoms with E-state index in [9.17, 15) is 4.79 Å². The van der Waals surface area contributed by atoms with Gasteiger partial charge in [-0.2, -0.15) is 0 Å². The summed E-state index contributed by atoms with van der Waals surface area (Å²) >= 11 is 0. The standard InChI is InChI=1S/C15H26O3Si/c1-9-12(17-14(16)11-3)13(10-2)18-19(7,8)15(4,5)6/h9-13H,1-3H2,4-8H3/t12-,13-/m1/s1. The Morgan fingerprint density at radius 2 is 1.58 bits per heavy atom. The van der Waals surface area contributed by atoms with Crippen LogP contribution < -0.4 is 0 Å². The lowest BCUT2D eigenvalue weighted by molar-refractivity contribution is -0.143. The van der Waals surface area contributed by atoms with Crippen LogP contribution in [0.2, 0.25) is 18.1 Å². The Kier molecular flexibility index (Phi) is 6.46. The Bertz CT molecular complexity index is 353. The maximum Gasteiger partial charge on any atom is 0.330 e. The number of carbonyl (C=O) groups excluding carboxylic acids is 1. The maximum atomic E-state index is 11.3. The van der Waals surface area contributed by atoms with Crippen LogP contribution >= 0.6 is 0 Å². The summed E-state index contributed by atoms with van der Waals surface area (Å²) < 4.78 is 11.4. The average molecular weight is 282 g/mol. The minimum absolute atomic E-state index is 0.0719. The van der Waals surface area contributed by atoms with Crippen molar-refractivity contribution in [1.29, 1.82) is 0 Å². The van der Waals surface area contributed by atoms with Gasteiger partial charge in [-0.1, -0.05) is 40.0 Å². The van der Waals surface area contributed by atoms with E-state index < -0.39 is 20.4 Å². The monoisotopic (exact) mass is 282 g/mol. The molecule has 0 aromatic heterocycles. The molecule has 0 fully saturated rings. The van der Waals surface area contributed by atoms with E-state index in [0.717, 1.165) is 6.08 Å². The molecule has 0 N–H and O–H groups in total. The number of carbonyl (C=O) groups is 1. The normalized spacial score (nSPS) is 15.2. The second-order valence-corrected chi connectivity index (χ2v) is 10.7. The third-order valence-corrected chi connectivity index (χ3v) is 7.92. The van der Waals surface area contributed by atoms with E-state index in [1.54, 1.807) is 12.2 Å². The SMILES string of the molecule is C=CC(=O)O[C@H](C=C)[C@@H](C=C)O[Si](C)(C)C(C)(C)C. The Morgan fingerprint density at radius 1 is 1.11 bits per heavy atom. The van der Waals surface area contributed by atoms with Gasteiger partial charge >= 0.3 is 5.97 Å². The molecule has 3 nitrogen and oxygen atoms in total. The maximum absolute atomic E-state index is 11.3. The molecule has 19 heavy (non-hydrogen) atoms. The fourth-order valence-corrected chi connectivity index (χ4v) is 2.46. The first-order valence-corrected chi connectivity index (χ1v) is 9.26. The third kappa shape index (κ3) is 5.16. The molecule has 4 heteroatoms. The molecule has 0 saturated carbocycles. The first-order chi connectivity index (χ1) is 8.59. The molecule has 0 radical (unpaired) electrons. The van der Waals surface area contributed by atoms with E-state index >= 15 is 0 Å². The van der Waals surface area contributed by atoms with Gasteiger partial charge in [0.05, 0.1) is 0 Å². The van der Waals surface area contributed by atoms with Crippen LogP contribution in [0, 0.1) is 0 Å². The van der Waals surface area contributed by atoms with Crippen molar-refractivity contribution in [3.05, 3.63) is 38.0 Å². The molecule has 108 valence electrons. The van der Waals surface area contributed by atoms with Crippen molar-refractivity contribution in [1.82, 2.24) is 0 Å². The smallest absolute Gasteiger partial charge is 0.330 e. The van der Waals surface area contributed by atoms with Crippen LogP contribution in [0.4, 0.5) is 0 Å². The Hall–Kier alpha value is -1.13. The molecule has 0 aliphatic rings. The van der Waals surface area contributed by atoms with Gasteiger partial charge in [0.15, 0.2) is 8.32 Å². The molecule has 0 heterocycles. The molecule has 0 aromatic rings. The fraction of sp³-hybridized carbons (Fsp3) is 0.533. The summed E-state index contributed by atoms with van der Waals surface area (Å²) in [7, 11) is -1.97. The van der Waals surface area contributed by atoms with Crippen LogP contribution in [0.25, 0.3) is 0 Å². The summed E-state index contributed by atoms with van der Waals surface area (Å²) in [6.45, 7) is 21.6. The van der Waals surface area contributed by atoms with E-state index in [4.69, 9.17) is 9.16 Å². The Balaban J connectivity index is 4.99. The number of hydrogen-bond acceptors (Lipinski definition) is 3. The van der Waals surface area contributed by atoms with Crippen LogP contribution in [-0.2, 0) is 14.0 Å². The van der Waals surface area contributed by atoms with Gasteiger partial charge in [-0.25, -0.2) is 4.79 Å². The van der Waals surface area contributed by atoms with Crippen LogP contribution in [0.1, 0.15) is 20.8 Å². The van der Waals surface area contributed by atoms with Gasteiger partial charge in [-0.15, -0.1) is 6.58 Å². The lowest BCUT2D eigenvalue weighted by atomic mass is 10.2. The topological polar surface area (TPSA) is 35.5 Å². The molecule has 0 rings (SSSR count). The zero-order valence-corrected chi connectivity index (χ0v) is 13.7. The fourth-order valence-electron chi connectivity index (χ4n) is 1.20. The van der Waals surface area contributed by atoms with E-state index in [2.05, 4.69) is 53.6 Å². The predicted octanol–water partition coefficient (Wildman–Crippen LogP) is 3.85. The summed E-state index contributed by atoms with van der Waals surface area (Å²) in [4.78, 5) is 11.3. The highest BCUT2D eigenvalue weighted by molar-refractivity contribution is 6.74. The number of esters is 1. The van der Waals surface area contributed by atoms with Crippen molar-refractivity contribution >= 4 is 14.3 Å². The van der Waals surface area contributed by atoms with E-state index in [-0.39, 0.29) is 11.1 Å². The predicted molar refractivity (Wildman–Crippen MR) is 82.5 cm³/mol. The van der Waals surface area contributed by atoms with E-state index in [1.165, 1.54) is 0 Å². The first-order valence-electron chi connectivity index (χ1n) is 6.35. The van der Waals surface area contributed by atoms with E-state index in [1.807, 2.05) is 0 Å². The van der Waals surface area contributed by atoms with E-state index in [0.29, 0.717) is 0 Å². The van der Waals surface area contributed by atoms with Crippen molar-refractivity contribution in [2.45, 2.75) is 51.1 Å². The molecular weight excluding hydrogens is 256 g/mol. The zero-order valence-electron chi connectivity index (χ0n) is 12.7. The molecule has 0 aliphatic heterocycles. The largest absolute Gasteiger partial charge is 0.452 e. The first kappa shape index (κ1) is 17.9. The van der Waals surface area contributed by atoms with Crippen LogP contribution in [0.15, 0.2) is 38.0 Å². The van der Waals surface area contributed by atoms with Crippen molar-refractivity contribution < 1.29 is 14.0 Å². The molecule has 2 atom stereocenters. The second kappa shape index (κ2) is 6.87. The molecule has 0 amide bonds. The van der Waals surface area contributed by atoms with Gasteiger partial charge in [-0.3, -0.25) is 0 Å². The average Bonchev–Trinajstić information content (AvgIpc) is 2.31. The van der Waals surface area contributed by atoms with Crippen LogP contribution in [-0.4, -0.2) is 26.5 Å². The van der Waals surface area contributed by atoms with Crippen LogP contribution in [0.3, 0.4) is 0 Å². The molecule has 0 unspecified atom stereocenters. The lowest BCUT2D eigenvalue weighted by Gasteiger charge is -2.39. The number of ether oxygens (including phenoxy) is 1. The third-order valence-electron chi connectivity index (χ3n) is 3.44. The summed E-state index contributed by atoms with van der Waals surface area (Å²) in [5.74, 6) is -0.490.